The minimum atomic E-state index is -0.360. The number of hydrogen-bond donors (Lipinski definition) is 0. The molecule has 2 amide bonds. The van der Waals surface area contributed by atoms with Gasteiger partial charge in [-0.1, -0.05) is 12.1 Å². The lowest BCUT2D eigenvalue weighted by molar-refractivity contribution is -0.130. The molecule has 0 saturated heterocycles. The van der Waals surface area contributed by atoms with E-state index in [2.05, 4.69) is 15.9 Å². The molecule has 24 heavy (non-hydrogen) atoms. The van der Waals surface area contributed by atoms with Gasteiger partial charge in [0.25, 0.3) is 5.91 Å². The third kappa shape index (κ3) is 4.92. The van der Waals surface area contributed by atoms with Crippen molar-refractivity contribution in [2.75, 3.05) is 27.2 Å². The highest BCUT2D eigenvalue weighted by Gasteiger charge is 2.19. The van der Waals surface area contributed by atoms with Crippen LogP contribution in [0.15, 0.2) is 45.5 Å². The smallest absolute Gasteiger partial charge is 0.289 e. The normalized spacial score (nSPS) is 10.5. The fraction of sp³-hybridized carbons (Fsp3) is 0.294. The van der Waals surface area contributed by atoms with Gasteiger partial charge in [-0.15, -0.1) is 0 Å². The van der Waals surface area contributed by atoms with Gasteiger partial charge in [0, 0.05) is 20.6 Å². The number of likely N-dealkylation sites (N-methyl/N-ethyl adjacent to an activating group) is 2. The van der Waals surface area contributed by atoms with Crippen LogP contribution < -0.4 is 0 Å². The quantitative estimate of drug-likeness (QED) is 0.753. The van der Waals surface area contributed by atoms with Crippen molar-refractivity contribution >= 4 is 27.7 Å². The number of amides is 2. The highest BCUT2D eigenvalue weighted by Crippen LogP contribution is 2.15. The third-order valence-electron chi connectivity index (χ3n) is 3.58. The zero-order valence-corrected chi connectivity index (χ0v) is 15.0. The topological polar surface area (TPSA) is 53.8 Å². The first-order valence-corrected chi connectivity index (χ1v) is 8.15. The van der Waals surface area contributed by atoms with Crippen molar-refractivity contribution in [2.45, 2.75) is 6.42 Å². The summed E-state index contributed by atoms with van der Waals surface area (Å²) in [5.41, 5.74) is 0.945. The van der Waals surface area contributed by atoms with Gasteiger partial charge in [0.15, 0.2) is 10.4 Å². The summed E-state index contributed by atoms with van der Waals surface area (Å²) in [4.78, 5) is 27.2. The monoisotopic (exact) mass is 396 g/mol. The van der Waals surface area contributed by atoms with Crippen LogP contribution >= 0.6 is 15.9 Å². The molecular formula is C17H18BrFN2O3. The first-order valence-electron chi connectivity index (χ1n) is 7.36. The van der Waals surface area contributed by atoms with Crippen LogP contribution in [0.4, 0.5) is 4.39 Å². The Hall–Kier alpha value is -2.15. The predicted octanol–water partition coefficient (Wildman–Crippen LogP) is 2.95. The molecule has 0 unspecified atom stereocenters. The SMILES string of the molecule is CN(CCc1ccc(F)cc1)C(=O)CN(C)C(=O)c1ccc(Br)o1. The molecule has 0 spiro atoms. The summed E-state index contributed by atoms with van der Waals surface area (Å²) in [5.74, 6) is -0.654. The molecule has 0 aliphatic rings. The number of benzene rings is 1. The van der Waals surface area contributed by atoms with E-state index in [4.69, 9.17) is 4.42 Å². The molecule has 128 valence electrons. The lowest BCUT2D eigenvalue weighted by atomic mass is 10.1. The second-order valence-electron chi connectivity index (χ2n) is 5.46. The summed E-state index contributed by atoms with van der Waals surface area (Å²) in [5, 5.41) is 0. The van der Waals surface area contributed by atoms with Gasteiger partial charge in [0.1, 0.15) is 5.82 Å². The lowest BCUT2D eigenvalue weighted by Crippen LogP contribution is -2.40. The number of halogens is 2. The first-order chi connectivity index (χ1) is 11.4. The van der Waals surface area contributed by atoms with Crippen LogP contribution in [0.2, 0.25) is 0 Å². The van der Waals surface area contributed by atoms with Gasteiger partial charge in [0.2, 0.25) is 5.91 Å². The van der Waals surface area contributed by atoms with Crippen LogP contribution in [-0.4, -0.2) is 48.8 Å². The van der Waals surface area contributed by atoms with Crippen LogP contribution in [-0.2, 0) is 11.2 Å². The molecule has 0 radical (unpaired) electrons. The zero-order valence-electron chi connectivity index (χ0n) is 13.5. The number of carbonyl (C=O) groups is 2. The van der Waals surface area contributed by atoms with E-state index in [-0.39, 0.29) is 29.9 Å². The molecule has 1 aromatic carbocycles. The molecule has 1 aromatic heterocycles. The standard InChI is InChI=1S/C17H18BrFN2O3/c1-20(10-9-12-3-5-13(19)6-4-12)16(22)11-21(2)17(23)14-7-8-15(18)24-14/h3-8H,9-11H2,1-2H3. The third-order valence-corrected chi connectivity index (χ3v) is 4.00. The Morgan fingerprint density at radius 3 is 2.33 bits per heavy atom. The largest absolute Gasteiger partial charge is 0.444 e. The number of rotatable bonds is 6. The number of hydrogen-bond acceptors (Lipinski definition) is 3. The Morgan fingerprint density at radius 2 is 1.75 bits per heavy atom. The second-order valence-corrected chi connectivity index (χ2v) is 6.24. The minimum Gasteiger partial charge on any atom is -0.444 e. The fourth-order valence-corrected chi connectivity index (χ4v) is 2.39. The van der Waals surface area contributed by atoms with E-state index >= 15 is 0 Å². The fourth-order valence-electron chi connectivity index (χ4n) is 2.09. The maximum atomic E-state index is 12.9. The Balaban J connectivity index is 1.84. The Kier molecular flexibility index (Phi) is 6.14. The van der Waals surface area contributed by atoms with Gasteiger partial charge in [0.05, 0.1) is 6.54 Å². The summed E-state index contributed by atoms with van der Waals surface area (Å²) >= 11 is 3.13. The molecule has 1 heterocycles. The number of nitrogens with zero attached hydrogens (tertiary/aromatic N) is 2. The second kappa shape index (κ2) is 8.10. The number of furan rings is 1. The molecule has 0 fully saturated rings. The van der Waals surface area contributed by atoms with E-state index in [1.807, 2.05) is 0 Å². The Labute approximate surface area is 148 Å². The molecule has 5 nitrogen and oxygen atoms in total. The van der Waals surface area contributed by atoms with E-state index in [0.717, 1.165) is 5.56 Å². The van der Waals surface area contributed by atoms with Crippen LogP contribution in [0.3, 0.4) is 0 Å². The van der Waals surface area contributed by atoms with E-state index < -0.39 is 0 Å². The molecule has 0 aliphatic heterocycles. The average Bonchev–Trinajstić information content (AvgIpc) is 2.99. The highest BCUT2D eigenvalue weighted by molar-refractivity contribution is 9.10. The van der Waals surface area contributed by atoms with Crippen LogP contribution in [0, 0.1) is 5.82 Å². The molecule has 2 aromatic rings. The Morgan fingerprint density at radius 1 is 1.08 bits per heavy atom. The van der Waals surface area contributed by atoms with Crippen molar-refractivity contribution in [3.63, 3.8) is 0 Å². The van der Waals surface area contributed by atoms with Gasteiger partial charge in [-0.2, -0.15) is 0 Å². The molecule has 0 N–H and O–H groups in total. The van der Waals surface area contributed by atoms with E-state index in [1.165, 1.54) is 17.0 Å². The molecule has 0 aliphatic carbocycles. The molecule has 7 heteroatoms. The first kappa shape index (κ1) is 18.2. The van der Waals surface area contributed by atoms with Crippen LogP contribution in [0.5, 0.6) is 0 Å². The van der Waals surface area contributed by atoms with Crippen molar-refractivity contribution in [3.05, 3.63) is 58.2 Å². The van der Waals surface area contributed by atoms with Crippen molar-refractivity contribution < 1.29 is 18.4 Å². The summed E-state index contributed by atoms with van der Waals surface area (Å²) in [6.45, 7) is 0.440. The van der Waals surface area contributed by atoms with Gasteiger partial charge >= 0.3 is 0 Å². The summed E-state index contributed by atoms with van der Waals surface area (Å²) < 4.78 is 18.5. The zero-order chi connectivity index (χ0) is 17.7. The molecular weight excluding hydrogens is 379 g/mol. The van der Waals surface area contributed by atoms with E-state index in [9.17, 15) is 14.0 Å². The maximum absolute atomic E-state index is 12.9. The van der Waals surface area contributed by atoms with Crippen LogP contribution in [0.1, 0.15) is 16.1 Å². The predicted molar refractivity (Wildman–Crippen MR) is 91.1 cm³/mol. The average molecular weight is 397 g/mol. The summed E-state index contributed by atoms with van der Waals surface area (Å²) in [6, 6.07) is 9.34. The van der Waals surface area contributed by atoms with Crippen LogP contribution in [0.25, 0.3) is 0 Å². The molecule has 0 bridgehead atoms. The van der Waals surface area contributed by atoms with Gasteiger partial charge in [-0.05, 0) is 52.2 Å². The summed E-state index contributed by atoms with van der Waals surface area (Å²) in [6.07, 6.45) is 0.616. The minimum absolute atomic E-state index is 0.0446. The number of carbonyl (C=O) groups excluding carboxylic acids is 2. The highest BCUT2D eigenvalue weighted by atomic mass is 79.9. The summed E-state index contributed by atoms with van der Waals surface area (Å²) in [7, 11) is 3.22. The van der Waals surface area contributed by atoms with E-state index in [0.29, 0.717) is 17.6 Å². The molecule has 0 atom stereocenters. The molecule has 2 rings (SSSR count). The van der Waals surface area contributed by atoms with Crippen molar-refractivity contribution in [1.82, 2.24) is 9.80 Å². The maximum Gasteiger partial charge on any atom is 0.289 e. The lowest BCUT2D eigenvalue weighted by Gasteiger charge is -2.21. The van der Waals surface area contributed by atoms with Crippen molar-refractivity contribution in [1.29, 1.82) is 0 Å². The van der Waals surface area contributed by atoms with E-state index in [1.54, 1.807) is 43.3 Å². The van der Waals surface area contributed by atoms with Crippen molar-refractivity contribution in [2.24, 2.45) is 0 Å². The van der Waals surface area contributed by atoms with Gasteiger partial charge in [-0.25, -0.2) is 4.39 Å². The van der Waals surface area contributed by atoms with Crippen molar-refractivity contribution in [3.8, 4) is 0 Å². The van der Waals surface area contributed by atoms with Gasteiger partial charge < -0.3 is 14.2 Å². The Bertz CT molecular complexity index is 715. The van der Waals surface area contributed by atoms with Gasteiger partial charge in [-0.3, -0.25) is 9.59 Å². The molecule has 0 saturated carbocycles.